The van der Waals surface area contributed by atoms with Crippen LogP contribution in [-0.4, -0.2) is 32.4 Å². The summed E-state index contributed by atoms with van der Waals surface area (Å²) in [6.45, 7) is 4.09. The summed E-state index contributed by atoms with van der Waals surface area (Å²) in [6, 6.07) is 0. The van der Waals surface area contributed by atoms with Crippen molar-refractivity contribution >= 4 is 7.32 Å². The highest BCUT2D eigenvalue weighted by atomic mass is 16.5. The molecule has 0 aliphatic rings. The fourth-order valence-corrected chi connectivity index (χ4v) is 0.647. The molecule has 0 aromatic carbocycles. The predicted molar refractivity (Wildman–Crippen MR) is 45.1 cm³/mol. The lowest BCUT2D eigenvalue weighted by molar-refractivity contribution is 0.278. The zero-order valence-electron chi connectivity index (χ0n) is 7.15. The van der Waals surface area contributed by atoms with Crippen molar-refractivity contribution in [2.24, 2.45) is 0 Å². The highest BCUT2D eigenvalue weighted by molar-refractivity contribution is 6.30. The van der Waals surface area contributed by atoms with E-state index in [2.05, 4.69) is 16.9 Å². The maximum atomic E-state index is 7.17. The molecule has 1 aromatic rings. The lowest BCUT2D eigenvalue weighted by Crippen LogP contribution is -2.07. The molecule has 0 bridgehead atoms. The fraction of sp³-hybridized carbons (Fsp3) is 0.500. The van der Waals surface area contributed by atoms with Crippen LogP contribution in [0.15, 0.2) is 6.20 Å². The van der Waals surface area contributed by atoms with E-state index in [1.54, 1.807) is 0 Å². The van der Waals surface area contributed by atoms with Crippen LogP contribution in [0.4, 0.5) is 0 Å². The van der Waals surface area contributed by atoms with E-state index in [1.807, 2.05) is 13.1 Å². The molecule has 0 aliphatic carbocycles. The topological polar surface area (TPSA) is 89.4 Å². The van der Waals surface area contributed by atoms with E-state index < -0.39 is 7.32 Å². The van der Waals surface area contributed by atoms with Crippen LogP contribution in [0.25, 0.3) is 0 Å². The van der Waals surface area contributed by atoms with Gasteiger partial charge in [0.25, 0.3) is 0 Å². The van der Waals surface area contributed by atoms with Crippen LogP contribution < -0.4 is 0 Å². The summed E-state index contributed by atoms with van der Waals surface area (Å²) in [7, 11) is -2.17. The maximum Gasteiger partial charge on any atom is 0.631 e. The second-order valence-electron chi connectivity index (χ2n) is 2.21. The summed E-state index contributed by atoms with van der Waals surface area (Å²) in [6.07, 6.45) is 2.84. The molecule has 0 saturated heterocycles. The number of rotatable bonds is 1. The summed E-state index contributed by atoms with van der Waals surface area (Å²) < 4.78 is 0. The van der Waals surface area contributed by atoms with Gasteiger partial charge in [-0.1, -0.05) is 6.92 Å². The standard InChI is InChI=1S/C6H10N2.BH3O3/c1-3-6-7-4-5(2)8-6;2-1(3)4/h4H,3H2,1-2H3,(H,7,8);2-4H. The normalized spacial score (nSPS) is 8.75. The first-order chi connectivity index (χ1) is 5.56. The molecule has 5 nitrogen and oxygen atoms in total. The first-order valence-corrected chi connectivity index (χ1v) is 3.61. The largest absolute Gasteiger partial charge is 0.631 e. The first kappa shape index (κ1) is 11.2. The van der Waals surface area contributed by atoms with Gasteiger partial charge in [0.15, 0.2) is 0 Å². The van der Waals surface area contributed by atoms with E-state index in [0.29, 0.717) is 0 Å². The van der Waals surface area contributed by atoms with Gasteiger partial charge < -0.3 is 20.1 Å². The van der Waals surface area contributed by atoms with Gasteiger partial charge in [0.05, 0.1) is 0 Å². The third-order valence-corrected chi connectivity index (χ3v) is 1.09. The molecule has 0 radical (unpaired) electrons. The van der Waals surface area contributed by atoms with Gasteiger partial charge in [-0.05, 0) is 6.92 Å². The summed E-state index contributed by atoms with van der Waals surface area (Å²) >= 11 is 0. The molecule has 0 fully saturated rings. The van der Waals surface area contributed by atoms with E-state index in [9.17, 15) is 0 Å². The molecule has 0 saturated carbocycles. The van der Waals surface area contributed by atoms with Gasteiger partial charge in [-0.25, -0.2) is 4.98 Å². The van der Waals surface area contributed by atoms with Crippen molar-refractivity contribution in [2.75, 3.05) is 0 Å². The van der Waals surface area contributed by atoms with Crippen LogP contribution >= 0.6 is 0 Å². The molecule has 6 heteroatoms. The Morgan fingerprint density at radius 3 is 2.17 bits per heavy atom. The smallest absolute Gasteiger partial charge is 0.402 e. The van der Waals surface area contributed by atoms with Gasteiger partial charge in [-0.2, -0.15) is 0 Å². The van der Waals surface area contributed by atoms with Crippen molar-refractivity contribution in [3.63, 3.8) is 0 Å². The number of imidazole rings is 1. The number of hydrogen-bond donors (Lipinski definition) is 4. The summed E-state index contributed by atoms with van der Waals surface area (Å²) in [5.74, 6) is 1.07. The highest BCUT2D eigenvalue weighted by Gasteiger charge is 1.92. The number of aromatic amines is 1. The van der Waals surface area contributed by atoms with Gasteiger partial charge in [0, 0.05) is 18.3 Å². The Kier molecular flexibility index (Phi) is 5.36. The van der Waals surface area contributed by atoms with Crippen molar-refractivity contribution in [1.82, 2.24) is 9.97 Å². The predicted octanol–water partition coefficient (Wildman–Crippen LogP) is -0.771. The van der Waals surface area contributed by atoms with E-state index in [-0.39, 0.29) is 0 Å². The lowest BCUT2D eigenvalue weighted by atomic mass is 10.3. The Balaban J connectivity index is 0.000000261. The second-order valence-corrected chi connectivity index (χ2v) is 2.21. The lowest BCUT2D eigenvalue weighted by Gasteiger charge is -1.82. The van der Waals surface area contributed by atoms with Gasteiger partial charge in [-0.3, -0.25) is 0 Å². The molecule has 0 aliphatic heterocycles. The van der Waals surface area contributed by atoms with E-state index in [1.165, 1.54) is 0 Å². The molecule has 0 atom stereocenters. The van der Waals surface area contributed by atoms with Crippen LogP contribution in [0, 0.1) is 6.92 Å². The average molecular weight is 172 g/mol. The molecule has 1 heterocycles. The number of nitrogens with one attached hydrogen (secondary N) is 1. The zero-order valence-corrected chi connectivity index (χ0v) is 7.15. The number of H-pyrrole nitrogens is 1. The third kappa shape index (κ3) is 5.90. The number of aromatic nitrogens is 2. The second kappa shape index (κ2) is 5.76. The first-order valence-electron chi connectivity index (χ1n) is 3.61. The summed E-state index contributed by atoms with van der Waals surface area (Å²) in [4.78, 5) is 7.19. The molecule has 4 N–H and O–H groups in total. The molecular formula is C6H13BN2O3. The van der Waals surface area contributed by atoms with E-state index in [0.717, 1.165) is 17.9 Å². The van der Waals surface area contributed by atoms with Gasteiger partial charge in [-0.15, -0.1) is 0 Å². The van der Waals surface area contributed by atoms with Crippen LogP contribution in [0.1, 0.15) is 18.4 Å². The highest BCUT2D eigenvalue weighted by Crippen LogP contribution is 1.93. The minimum absolute atomic E-state index is 0.994. The number of aryl methyl sites for hydroxylation is 2. The van der Waals surface area contributed by atoms with Crippen molar-refractivity contribution in [2.45, 2.75) is 20.3 Å². The molecule has 0 amide bonds. The van der Waals surface area contributed by atoms with Gasteiger partial charge in [0.1, 0.15) is 5.82 Å². The SMILES string of the molecule is CCc1ncc(C)[nH]1.OB(O)O. The van der Waals surface area contributed by atoms with Crippen LogP contribution in [0.5, 0.6) is 0 Å². The number of hydrogen-bond acceptors (Lipinski definition) is 4. The van der Waals surface area contributed by atoms with Crippen LogP contribution in [0.2, 0.25) is 0 Å². The average Bonchev–Trinajstić information content (AvgIpc) is 2.34. The molecular weight excluding hydrogens is 159 g/mol. The Labute approximate surface area is 71.3 Å². The quantitative estimate of drug-likeness (QED) is 0.418. The van der Waals surface area contributed by atoms with E-state index >= 15 is 0 Å². The van der Waals surface area contributed by atoms with Gasteiger partial charge in [0.2, 0.25) is 0 Å². The molecule has 12 heavy (non-hydrogen) atoms. The third-order valence-electron chi connectivity index (χ3n) is 1.09. The maximum absolute atomic E-state index is 7.17. The molecule has 1 aromatic heterocycles. The molecule has 1 rings (SSSR count). The minimum atomic E-state index is -2.17. The molecule has 68 valence electrons. The number of nitrogens with zero attached hydrogens (tertiary/aromatic N) is 1. The van der Waals surface area contributed by atoms with Gasteiger partial charge >= 0.3 is 7.32 Å². The van der Waals surface area contributed by atoms with Crippen LogP contribution in [0.3, 0.4) is 0 Å². The van der Waals surface area contributed by atoms with Crippen molar-refractivity contribution in [3.8, 4) is 0 Å². The van der Waals surface area contributed by atoms with Crippen molar-refractivity contribution < 1.29 is 15.1 Å². The van der Waals surface area contributed by atoms with E-state index in [4.69, 9.17) is 15.1 Å². The van der Waals surface area contributed by atoms with Crippen molar-refractivity contribution in [3.05, 3.63) is 17.7 Å². The monoisotopic (exact) mass is 172 g/mol. The summed E-state index contributed by atoms with van der Waals surface area (Å²) in [5.41, 5.74) is 1.14. The molecule has 0 spiro atoms. The van der Waals surface area contributed by atoms with Crippen molar-refractivity contribution in [1.29, 1.82) is 0 Å². The Morgan fingerprint density at radius 1 is 1.50 bits per heavy atom. The Morgan fingerprint density at radius 2 is 2.00 bits per heavy atom. The Hall–Kier alpha value is -0.845. The zero-order chi connectivity index (χ0) is 9.56. The fourth-order valence-electron chi connectivity index (χ4n) is 0.647. The minimum Gasteiger partial charge on any atom is -0.402 e. The summed E-state index contributed by atoms with van der Waals surface area (Å²) in [5, 5.41) is 21.5. The molecule has 0 unspecified atom stereocenters. The van der Waals surface area contributed by atoms with Crippen LogP contribution in [-0.2, 0) is 6.42 Å². The Bertz CT molecular complexity index is 212.